The summed E-state index contributed by atoms with van der Waals surface area (Å²) in [4.78, 5) is 16.8. The topological polar surface area (TPSA) is 79.4 Å². The molecule has 1 aromatic carbocycles. The first-order valence-electron chi connectivity index (χ1n) is 9.71. The highest BCUT2D eigenvalue weighted by Crippen LogP contribution is 2.32. The molecule has 0 spiro atoms. The van der Waals surface area contributed by atoms with Gasteiger partial charge in [0.1, 0.15) is 0 Å². The minimum Gasteiger partial charge on any atom is -0.352 e. The first-order valence-corrected chi connectivity index (χ1v) is 11.2. The number of hydrogen-bond acceptors (Lipinski definition) is 4. The molecule has 6 nitrogen and oxygen atoms in total. The number of rotatable bonds is 7. The third-order valence-corrected chi connectivity index (χ3v) is 7.30. The predicted molar refractivity (Wildman–Crippen MR) is 108 cm³/mol. The molecule has 1 N–H and O–H groups in total. The lowest BCUT2D eigenvalue weighted by Crippen LogP contribution is -2.44. The van der Waals surface area contributed by atoms with E-state index < -0.39 is 10.0 Å². The van der Waals surface area contributed by atoms with Gasteiger partial charge in [-0.05, 0) is 42.0 Å². The van der Waals surface area contributed by atoms with Crippen LogP contribution < -0.4 is 5.32 Å². The van der Waals surface area contributed by atoms with Crippen molar-refractivity contribution < 1.29 is 13.2 Å². The van der Waals surface area contributed by atoms with Gasteiger partial charge in [0.15, 0.2) is 0 Å². The van der Waals surface area contributed by atoms with Crippen molar-refractivity contribution >= 4 is 15.9 Å². The molecule has 1 aromatic heterocycles. The highest BCUT2D eigenvalue weighted by molar-refractivity contribution is 7.89. The zero-order valence-corrected chi connectivity index (χ0v) is 16.9. The van der Waals surface area contributed by atoms with E-state index in [2.05, 4.69) is 17.2 Å². The second-order valence-electron chi connectivity index (χ2n) is 7.24. The van der Waals surface area contributed by atoms with E-state index in [9.17, 15) is 13.2 Å². The van der Waals surface area contributed by atoms with Crippen LogP contribution in [0.4, 0.5) is 0 Å². The van der Waals surface area contributed by atoms with E-state index in [1.54, 1.807) is 41.0 Å². The van der Waals surface area contributed by atoms with Gasteiger partial charge in [-0.2, -0.15) is 4.31 Å². The smallest absolute Gasteiger partial charge is 0.243 e. The summed E-state index contributed by atoms with van der Waals surface area (Å²) in [6.07, 6.45) is 5.42. The maximum Gasteiger partial charge on any atom is 0.243 e. The van der Waals surface area contributed by atoms with Crippen LogP contribution in [0.5, 0.6) is 0 Å². The Bertz CT molecular complexity index is 872. The number of pyridine rings is 1. The standard InChI is InChI=1S/C21H27N3O3S/c1-2-18-16-24(28(26,27)20-8-4-3-5-9-20)12-10-19(18)13-21(25)23-15-17-7-6-11-22-14-17/h3-9,11,14,18-19H,2,10,12-13,15-16H2,1H3,(H,23,25)/t18-,19+/m1/s1. The van der Waals surface area contributed by atoms with Crippen molar-refractivity contribution in [2.24, 2.45) is 11.8 Å². The largest absolute Gasteiger partial charge is 0.352 e. The quantitative estimate of drug-likeness (QED) is 0.774. The van der Waals surface area contributed by atoms with Gasteiger partial charge in [-0.1, -0.05) is 37.6 Å². The Hall–Kier alpha value is -2.25. The van der Waals surface area contributed by atoms with Crippen LogP contribution >= 0.6 is 0 Å². The molecule has 1 saturated heterocycles. The SMILES string of the molecule is CC[C@@H]1CN(S(=O)(=O)c2ccccc2)CC[C@H]1CC(=O)NCc1cccnc1. The van der Waals surface area contributed by atoms with Crippen LogP contribution in [-0.4, -0.2) is 36.7 Å². The fraction of sp³-hybridized carbons (Fsp3) is 0.429. The summed E-state index contributed by atoms with van der Waals surface area (Å²) in [7, 11) is -3.48. The zero-order chi connectivity index (χ0) is 20.0. The molecule has 0 unspecified atom stereocenters. The Morgan fingerprint density at radius 1 is 1.18 bits per heavy atom. The number of sulfonamides is 1. The first-order chi connectivity index (χ1) is 13.5. The van der Waals surface area contributed by atoms with Crippen LogP contribution in [0.15, 0.2) is 59.8 Å². The molecule has 1 fully saturated rings. The van der Waals surface area contributed by atoms with Crippen molar-refractivity contribution in [2.45, 2.75) is 37.6 Å². The van der Waals surface area contributed by atoms with E-state index in [4.69, 9.17) is 0 Å². The molecule has 1 amide bonds. The normalized spacial score (nSPS) is 20.6. The third kappa shape index (κ3) is 4.97. The van der Waals surface area contributed by atoms with E-state index in [0.717, 1.165) is 12.0 Å². The molecule has 0 aliphatic carbocycles. The number of benzene rings is 1. The molecule has 3 rings (SSSR count). The molecule has 0 radical (unpaired) electrons. The summed E-state index contributed by atoms with van der Waals surface area (Å²) < 4.78 is 27.3. The predicted octanol–water partition coefficient (Wildman–Crippen LogP) is 2.82. The van der Waals surface area contributed by atoms with E-state index in [1.165, 1.54) is 0 Å². The summed E-state index contributed by atoms with van der Waals surface area (Å²) in [5.74, 6) is 0.379. The van der Waals surface area contributed by atoms with E-state index in [1.807, 2.05) is 18.2 Å². The Kier molecular flexibility index (Phi) is 6.80. The van der Waals surface area contributed by atoms with Crippen molar-refractivity contribution in [1.82, 2.24) is 14.6 Å². The van der Waals surface area contributed by atoms with Gasteiger partial charge in [0.25, 0.3) is 0 Å². The second kappa shape index (κ2) is 9.30. The van der Waals surface area contributed by atoms with Gasteiger partial charge < -0.3 is 5.32 Å². The number of nitrogens with zero attached hydrogens (tertiary/aromatic N) is 2. The summed E-state index contributed by atoms with van der Waals surface area (Å²) in [5, 5.41) is 2.95. The number of piperidine rings is 1. The minimum atomic E-state index is -3.48. The molecule has 150 valence electrons. The molecule has 1 aliphatic heterocycles. The fourth-order valence-corrected chi connectivity index (χ4v) is 5.28. The van der Waals surface area contributed by atoms with Crippen molar-refractivity contribution in [3.63, 3.8) is 0 Å². The summed E-state index contributed by atoms with van der Waals surface area (Å²) >= 11 is 0. The number of aromatic nitrogens is 1. The maximum atomic E-state index is 12.9. The van der Waals surface area contributed by atoms with Crippen LogP contribution in [0.2, 0.25) is 0 Å². The molecule has 2 aromatic rings. The molecular weight excluding hydrogens is 374 g/mol. The fourth-order valence-electron chi connectivity index (χ4n) is 3.75. The highest BCUT2D eigenvalue weighted by atomic mass is 32.2. The lowest BCUT2D eigenvalue weighted by atomic mass is 9.82. The van der Waals surface area contributed by atoms with Gasteiger partial charge in [-0.3, -0.25) is 9.78 Å². The van der Waals surface area contributed by atoms with Gasteiger partial charge in [-0.25, -0.2) is 8.42 Å². The average Bonchev–Trinajstić information content (AvgIpc) is 2.74. The molecule has 28 heavy (non-hydrogen) atoms. The van der Waals surface area contributed by atoms with E-state index in [-0.39, 0.29) is 17.7 Å². The van der Waals surface area contributed by atoms with Gasteiger partial charge >= 0.3 is 0 Å². The Labute approximate surface area is 167 Å². The third-order valence-electron chi connectivity index (χ3n) is 5.42. The van der Waals surface area contributed by atoms with Crippen molar-refractivity contribution in [2.75, 3.05) is 13.1 Å². The van der Waals surface area contributed by atoms with Gasteiger partial charge in [0.2, 0.25) is 15.9 Å². The lowest BCUT2D eigenvalue weighted by molar-refractivity contribution is -0.122. The highest BCUT2D eigenvalue weighted by Gasteiger charge is 2.35. The van der Waals surface area contributed by atoms with Crippen molar-refractivity contribution in [3.8, 4) is 0 Å². The molecule has 2 atom stereocenters. The maximum absolute atomic E-state index is 12.9. The molecule has 0 saturated carbocycles. The number of carbonyl (C=O) groups excluding carboxylic acids is 1. The van der Waals surface area contributed by atoms with E-state index >= 15 is 0 Å². The van der Waals surface area contributed by atoms with Crippen molar-refractivity contribution in [1.29, 1.82) is 0 Å². The van der Waals surface area contributed by atoms with Gasteiger partial charge in [0, 0.05) is 38.4 Å². The number of carbonyl (C=O) groups is 1. The second-order valence-corrected chi connectivity index (χ2v) is 9.17. The Balaban J connectivity index is 1.58. The average molecular weight is 402 g/mol. The Morgan fingerprint density at radius 3 is 2.64 bits per heavy atom. The summed E-state index contributed by atoms with van der Waals surface area (Å²) in [6.45, 7) is 3.44. The number of amides is 1. The molecule has 0 bridgehead atoms. The molecule has 2 heterocycles. The van der Waals surface area contributed by atoms with Gasteiger partial charge in [0.05, 0.1) is 4.90 Å². The summed E-state index contributed by atoms with van der Waals surface area (Å²) in [6, 6.07) is 12.3. The molecular formula is C21H27N3O3S. The van der Waals surface area contributed by atoms with E-state index in [0.29, 0.717) is 37.4 Å². The zero-order valence-electron chi connectivity index (χ0n) is 16.1. The van der Waals surface area contributed by atoms with Crippen LogP contribution in [0.1, 0.15) is 31.7 Å². The van der Waals surface area contributed by atoms with Crippen LogP contribution in [0, 0.1) is 11.8 Å². The minimum absolute atomic E-state index is 0.00618. The monoisotopic (exact) mass is 401 g/mol. The van der Waals surface area contributed by atoms with Crippen molar-refractivity contribution in [3.05, 3.63) is 60.4 Å². The Morgan fingerprint density at radius 2 is 1.96 bits per heavy atom. The lowest BCUT2D eigenvalue weighted by Gasteiger charge is -2.37. The molecule has 1 aliphatic rings. The van der Waals surface area contributed by atoms with Crippen LogP contribution in [0.3, 0.4) is 0 Å². The first kappa shape index (κ1) is 20.5. The summed E-state index contributed by atoms with van der Waals surface area (Å²) in [5.41, 5.74) is 0.965. The molecule has 7 heteroatoms. The number of hydrogen-bond donors (Lipinski definition) is 1. The van der Waals surface area contributed by atoms with Crippen LogP contribution in [-0.2, 0) is 21.4 Å². The number of nitrogens with one attached hydrogen (secondary N) is 1. The van der Waals surface area contributed by atoms with Gasteiger partial charge in [-0.15, -0.1) is 0 Å². The van der Waals surface area contributed by atoms with Crippen LogP contribution in [0.25, 0.3) is 0 Å².